The summed E-state index contributed by atoms with van der Waals surface area (Å²) in [5.41, 5.74) is 0. The number of piperidine rings is 1. The average Bonchev–Trinajstić information content (AvgIpc) is 2.39. The topological polar surface area (TPSA) is 18.5 Å². The Kier molecular flexibility index (Phi) is 7.09. The maximum atomic E-state index is 3.48. The first-order valence-electron chi connectivity index (χ1n) is 7.37. The Bertz CT molecular complexity index is 192. The van der Waals surface area contributed by atoms with Crippen molar-refractivity contribution in [3.05, 3.63) is 0 Å². The van der Waals surface area contributed by atoms with E-state index < -0.39 is 0 Å². The molecule has 0 aromatic heterocycles. The van der Waals surface area contributed by atoms with Gasteiger partial charge in [-0.1, -0.05) is 27.2 Å². The van der Waals surface area contributed by atoms with Gasteiger partial charge in [0.25, 0.3) is 0 Å². The summed E-state index contributed by atoms with van der Waals surface area (Å²) in [6.07, 6.45) is 2.61. The quantitative estimate of drug-likeness (QED) is 0.731. The molecular weight excluding hydrogens is 210 g/mol. The van der Waals surface area contributed by atoms with Crippen molar-refractivity contribution in [3.63, 3.8) is 0 Å². The molecule has 1 aliphatic heterocycles. The van der Waals surface area contributed by atoms with E-state index in [1.165, 1.54) is 52.1 Å². The van der Waals surface area contributed by atoms with Crippen molar-refractivity contribution in [1.82, 2.24) is 15.1 Å². The SMILES string of the molecule is CCC1CN(CCN(CC)CC)CCC1NC. The zero-order valence-corrected chi connectivity index (χ0v) is 12.2. The van der Waals surface area contributed by atoms with Crippen LogP contribution in [0.4, 0.5) is 0 Å². The highest BCUT2D eigenvalue weighted by atomic mass is 15.2. The summed E-state index contributed by atoms with van der Waals surface area (Å²) in [4.78, 5) is 5.17. The lowest BCUT2D eigenvalue weighted by Crippen LogP contribution is -2.49. The van der Waals surface area contributed by atoms with Gasteiger partial charge in [-0.2, -0.15) is 0 Å². The Labute approximate surface area is 108 Å². The summed E-state index contributed by atoms with van der Waals surface area (Å²) in [5.74, 6) is 0.838. The lowest BCUT2D eigenvalue weighted by molar-refractivity contribution is 0.124. The van der Waals surface area contributed by atoms with Crippen LogP contribution in [-0.2, 0) is 0 Å². The van der Waals surface area contributed by atoms with Gasteiger partial charge in [0.2, 0.25) is 0 Å². The molecule has 1 rings (SSSR count). The summed E-state index contributed by atoms with van der Waals surface area (Å²) in [6.45, 7) is 14.2. The Hall–Kier alpha value is -0.120. The zero-order chi connectivity index (χ0) is 12.7. The van der Waals surface area contributed by atoms with Crippen LogP contribution in [0.3, 0.4) is 0 Å². The standard InChI is InChI=1S/C14H31N3/c1-5-13-12-17(9-8-14(13)15-4)11-10-16(6-2)7-3/h13-15H,5-12H2,1-4H3. The summed E-state index contributed by atoms with van der Waals surface area (Å²) in [5, 5.41) is 3.48. The van der Waals surface area contributed by atoms with Crippen LogP contribution in [0.2, 0.25) is 0 Å². The van der Waals surface area contributed by atoms with Gasteiger partial charge in [0.1, 0.15) is 0 Å². The fraction of sp³-hybridized carbons (Fsp3) is 1.00. The Balaban J connectivity index is 2.31. The first-order chi connectivity index (χ1) is 8.24. The summed E-state index contributed by atoms with van der Waals surface area (Å²) >= 11 is 0. The molecule has 0 spiro atoms. The Morgan fingerprint density at radius 2 is 1.94 bits per heavy atom. The third-order valence-corrected chi connectivity index (χ3v) is 4.34. The van der Waals surface area contributed by atoms with Gasteiger partial charge in [-0.05, 0) is 39.0 Å². The maximum Gasteiger partial charge on any atom is 0.0117 e. The predicted molar refractivity (Wildman–Crippen MR) is 75.5 cm³/mol. The van der Waals surface area contributed by atoms with E-state index >= 15 is 0 Å². The average molecular weight is 241 g/mol. The first kappa shape index (κ1) is 14.9. The van der Waals surface area contributed by atoms with Gasteiger partial charge in [0, 0.05) is 25.7 Å². The van der Waals surface area contributed by atoms with Crippen molar-refractivity contribution < 1.29 is 0 Å². The number of rotatable bonds is 7. The van der Waals surface area contributed by atoms with E-state index in [0.717, 1.165) is 12.0 Å². The van der Waals surface area contributed by atoms with Gasteiger partial charge in [0.05, 0.1) is 0 Å². The molecule has 3 nitrogen and oxygen atoms in total. The summed E-state index contributed by atoms with van der Waals surface area (Å²) < 4.78 is 0. The second kappa shape index (κ2) is 8.06. The molecule has 1 saturated heterocycles. The molecule has 17 heavy (non-hydrogen) atoms. The van der Waals surface area contributed by atoms with Gasteiger partial charge >= 0.3 is 0 Å². The smallest absolute Gasteiger partial charge is 0.0117 e. The van der Waals surface area contributed by atoms with E-state index in [1.54, 1.807) is 0 Å². The van der Waals surface area contributed by atoms with Crippen LogP contribution in [0.5, 0.6) is 0 Å². The lowest BCUT2D eigenvalue weighted by Gasteiger charge is -2.38. The second-order valence-corrected chi connectivity index (χ2v) is 5.18. The third kappa shape index (κ3) is 4.57. The van der Waals surface area contributed by atoms with Crippen molar-refractivity contribution in [1.29, 1.82) is 0 Å². The minimum absolute atomic E-state index is 0.740. The van der Waals surface area contributed by atoms with Gasteiger partial charge in [-0.15, -0.1) is 0 Å². The van der Waals surface area contributed by atoms with Crippen LogP contribution < -0.4 is 5.32 Å². The zero-order valence-electron chi connectivity index (χ0n) is 12.2. The lowest BCUT2D eigenvalue weighted by atomic mass is 9.90. The van der Waals surface area contributed by atoms with Crippen LogP contribution in [0.1, 0.15) is 33.6 Å². The molecule has 0 aromatic rings. The van der Waals surface area contributed by atoms with Crippen molar-refractivity contribution in [2.45, 2.75) is 39.7 Å². The van der Waals surface area contributed by atoms with E-state index in [4.69, 9.17) is 0 Å². The molecule has 102 valence electrons. The number of hydrogen-bond donors (Lipinski definition) is 1. The van der Waals surface area contributed by atoms with Crippen molar-refractivity contribution in [3.8, 4) is 0 Å². The van der Waals surface area contributed by atoms with Crippen LogP contribution in [-0.4, -0.2) is 62.2 Å². The van der Waals surface area contributed by atoms with E-state index in [1.807, 2.05) is 0 Å². The molecule has 1 heterocycles. The minimum Gasteiger partial charge on any atom is -0.317 e. The van der Waals surface area contributed by atoms with Crippen LogP contribution in [0.15, 0.2) is 0 Å². The van der Waals surface area contributed by atoms with Gasteiger partial charge < -0.3 is 15.1 Å². The normalized spacial score (nSPS) is 26.6. The molecule has 0 aromatic carbocycles. The summed E-state index contributed by atoms with van der Waals surface area (Å²) in [7, 11) is 2.11. The third-order valence-electron chi connectivity index (χ3n) is 4.34. The van der Waals surface area contributed by atoms with Crippen molar-refractivity contribution >= 4 is 0 Å². The molecule has 1 aliphatic rings. The molecular formula is C14H31N3. The molecule has 2 unspecified atom stereocenters. The highest BCUT2D eigenvalue weighted by Crippen LogP contribution is 2.19. The number of nitrogens with zero attached hydrogens (tertiary/aromatic N) is 2. The van der Waals surface area contributed by atoms with Gasteiger partial charge in [0.15, 0.2) is 0 Å². The second-order valence-electron chi connectivity index (χ2n) is 5.18. The van der Waals surface area contributed by atoms with E-state index in [9.17, 15) is 0 Å². The van der Waals surface area contributed by atoms with Crippen LogP contribution >= 0.6 is 0 Å². The highest BCUT2D eigenvalue weighted by Gasteiger charge is 2.26. The molecule has 0 amide bonds. The van der Waals surface area contributed by atoms with Gasteiger partial charge in [-0.3, -0.25) is 0 Å². The van der Waals surface area contributed by atoms with Crippen molar-refractivity contribution in [2.75, 3.05) is 46.3 Å². The van der Waals surface area contributed by atoms with E-state index in [-0.39, 0.29) is 0 Å². The fourth-order valence-electron chi connectivity index (χ4n) is 2.93. The Morgan fingerprint density at radius 1 is 1.24 bits per heavy atom. The number of nitrogens with one attached hydrogen (secondary N) is 1. The maximum absolute atomic E-state index is 3.48. The summed E-state index contributed by atoms with van der Waals surface area (Å²) in [6, 6.07) is 0.740. The largest absolute Gasteiger partial charge is 0.317 e. The fourth-order valence-corrected chi connectivity index (χ4v) is 2.93. The highest BCUT2D eigenvalue weighted by molar-refractivity contribution is 4.83. The van der Waals surface area contributed by atoms with E-state index in [2.05, 4.69) is 42.9 Å². The predicted octanol–water partition coefficient (Wildman–Crippen LogP) is 1.65. The molecule has 1 N–H and O–H groups in total. The number of likely N-dealkylation sites (tertiary alicyclic amines) is 1. The number of likely N-dealkylation sites (N-methyl/N-ethyl adjacent to an activating group) is 1. The van der Waals surface area contributed by atoms with E-state index in [0.29, 0.717) is 0 Å². The molecule has 3 heteroatoms. The number of hydrogen-bond acceptors (Lipinski definition) is 3. The molecule has 0 aliphatic carbocycles. The molecule has 2 atom stereocenters. The monoisotopic (exact) mass is 241 g/mol. The first-order valence-corrected chi connectivity index (χ1v) is 7.37. The van der Waals surface area contributed by atoms with Crippen LogP contribution in [0.25, 0.3) is 0 Å². The van der Waals surface area contributed by atoms with Crippen LogP contribution in [0, 0.1) is 5.92 Å². The molecule has 0 radical (unpaired) electrons. The molecule has 0 saturated carbocycles. The van der Waals surface area contributed by atoms with Crippen molar-refractivity contribution in [2.24, 2.45) is 5.92 Å². The van der Waals surface area contributed by atoms with Gasteiger partial charge in [-0.25, -0.2) is 0 Å². The molecule has 0 bridgehead atoms. The molecule has 1 fully saturated rings. The Morgan fingerprint density at radius 3 is 2.47 bits per heavy atom. The minimum atomic E-state index is 0.740.